The number of nitrogens with one attached hydrogen (secondary N) is 1. The summed E-state index contributed by atoms with van der Waals surface area (Å²) in [6, 6.07) is 4.17. The van der Waals surface area contributed by atoms with Gasteiger partial charge in [0.1, 0.15) is 0 Å². The standard InChI is InChI=1S/C11H16N2O/c1-4-9(2)12-7-10-5-6-11(14-3)13-8-10/h4-6,8-9,12H,1,7H2,2-3H3. The molecule has 1 N–H and O–H groups in total. The lowest BCUT2D eigenvalue weighted by atomic mass is 10.2. The molecule has 3 heteroatoms. The molecule has 0 aromatic carbocycles. The van der Waals surface area contributed by atoms with Crippen molar-refractivity contribution in [2.75, 3.05) is 7.11 Å². The van der Waals surface area contributed by atoms with E-state index in [2.05, 4.69) is 23.8 Å². The Balaban J connectivity index is 2.47. The first kappa shape index (κ1) is 10.7. The predicted octanol–water partition coefficient (Wildman–Crippen LogP) is 1.75. The second kappa shape index (κ2) is 5.40. The highest BCUT2D eigenvalue weighted by molar-refractivity contribution is 5.17. The first-order chi connectivity index (χ1) is 6.76. The number of aromatic nitrogens is 1. The van der Waals surface area contributed by atoms with Crippen LogP contribution in [0.3, 0.4) is 0 Å². The van der Waals surface area contributed by atoms with E-state index in [1.807, 2.05) is 24.4 Å². The van der Waals surface area contributed by atoms with E-state index in [1.54, 1.807) is 7.11 Å². The molecule has 1 aromatic rings. The zero-order valence-corrected chi connectivity index (χ0v) is 8.66. The summed E-state index contributed by atoms with van der Waals surface area (Å²) in [5, 5.41) is 3.29. The molecule has 1 aromatic heterocycles. The van der Waals surface area contributed by atoms with Crippen molar-refractivity contribution < 1.29 is 4.74 Å². The largest absolute Gasteiger partial charge is 0.481 e. The molecule has 14 heavy (non-hydrogen) atoms. The zero-order valence-electron chi connectivity index (χ0n) is 8.66. The number of hydrogen-bond acceptors (Lipinski definition) is 3. The monoisotopic (exact) mass is 192 g/mol. The lowest BCUT2D eigenvalue weighted by Gasteiger charge is -2.08. The quantitative estimate of drug-likeness (QED) is 0.722. The maximum Gasteiger partial charge on any atom is 0.212 e. The van der Waals surface area contributed by atoms with Gasteiger partial charge in [0.25, 0.3) is 0 Å². The second-order valence-corrected chi connectivity index (χ2v) is 3.11. The highest BCUT2D eigenvalue weighted by Crippen LogP contribution is 2.06. The van der Waals surface area contributed by atoms with Crippen LogP contribution in [0.25, 0.3) is 0 Å². The number of hydrogen-bond donors (Lipinski definition) is 1. The summed E-state index contributed by atoms with van der Waals surface area (Å²) >= 11 is 0. The van der Waals surface area contributed by atoms with Crippen LogP contribution in [0, 0.1) is 0 Å². The lowest BCUT2D eigenvalue weighted by molar-refractivity contribution is 0.397. The third-order valence-corrected chi connectivity index (χ3v) is 1.99. The van der Waals surface area contributed by atoms with Gasteiger partial charge in [-0.2, -0.15) is 0 Å². The van der Waals surface area contributed by atoms with Gasteiger partial charge in [-0.25, -0.2) is 4.98 Å². The Hall–Kier alpha value is -1.35. The van der Waals surface area contributed by atoms with Crippen molar-refractivity contribution in [2.24, 2.45) is 0 Å². The Labute approximate surface area is 84.8 Å². The molecule has 0 saturated heterocycles. The van der Waals surface area contributed by atoms with Crippen LogP contribution in [0.15, 0.2) is 31.0 Å². The summed E-state index contributed by atoms with van der Waals surface area (Å²) in [5.41, 5.74) is 1.14. The number of ether oxygens (including phenoxy) is 1. The molecule has 0 aliphatic carbocycles. The van der Waals surface area contributed by atoms with Crippen molar-refractivity contribution in [3.8, 4) is 5.88 Å². The first-order valence-corrected chi connectivity index (χ1v) is 4.61. The zero-order chi connectivity index (χ0) is 10.4. The fourth-order valence-corrected chi connectivity index (χ4v) is 0.998. The fourth-order valence-electron chi connectivity index (χ4n) is 0.998. The number of pyridine rings is 1. The topological polar surface area (TPSA) is 34.1 Å². The Morgan fingerprint density at radius 1 is 1.64 bits per heavy atom. The van der Waals surface area contributed by atoms with E-state index >= 15 is 0 Å². The van der Waals surface area contributed by atoms with Crippen LogP contribution in [0.1, 0.15) is 12.5 Å². The van der Waals surface area contributed by atoms with Crippen LogP contribution in [0.5, 0.6) is 5.88 Å². The van der Waals surface area contributed by atoms with E-state index in [9.17, 15) is 0 Å². The van der Waals surface area contributed by atoms with E-state index in [0.29, 0.717) is 11.9 Å². The molecule has 0 radical (unpaired) electrons. The average Bonchev–Trinajstić information content (AvgIpc) is 2.26. The van der Waals surface area contributed by atoms with E-state index in [0.717, 1.165) is 12.1 Å². The molecule has 1 heterocycles. The summed E-state index contributed by atoms with van der Waals surface area (Å²) in [4.78, 5) is 4.11. The van der Waals surface area contributed by atoms with Crippen molar-refractivity contribution in [3.63, 3.8) is 0 Å². The smallest absolute Gasteiger partial charge is 0.212 e. The van der Waals surface area contributed by atoms with Gasteiger partial charge in [-0.15, -0.1) is 6.58 Å². The Morgan fingerprint density at radius 2 is 2.43 bits per heavy atom. The maximum absolute atomic E-state index is 4.97. The van der Waals surface area contributed by atoms with Crippen LogP contribution in [-0.4, -0.2) is 18.1 Å². The van der Waals surface area contributed by atoms with Crippen LogP contribution in [-0.2, 0) is 6.54 Å². The molecule has 0 amide bonds. The summed E-state index contributed by atoms with van der Waals surface area (Å²) < 4.78 is 4.97. The molecule has 1 rings (SSSR count). The number of nitrogens with zero attached hydrogens (tertiary/aromatic N) is 1. The van der Waals surface area contributed by atoms with Crippen molar-refractivity contribution in [3.05, 3.63) is 36.5 Å². The van der Waals surface area contributed by atoms with Gasteiger partial charge >= 0.3 is 0 Å². The molecule has 0 bridgehead atoms. The fraction of sp³-hybridized carbons (Fsp3) is 0.364. The summed E-state index contributed by atoms with van der Waals surface area (Å²) in [6.45, 7) is 6.56. The molecule has 0 aliphatic heterocycles. The van der Waals surface area contributed by atoms with Crippen LogP contribution >= 0.6 is 0 Å². The van der Waals surface area contributed by atoms with E-state index in [1.165, 1.54) is 0 Å². The predicted molar refractivity (Wildman–Crippen MR) is 57.3 cm³/mol. The summed E-state index contributed by atoms with van der Waals surface area (Å²) in [6.07, 6.45) is 3.68. The highest BCUT2D eigenvalue weighted by atomic mass is 16.5. The molecule has 1 atom stereocenters. The number of methoxy groups -OCH3 is 1. The van der Waals surface area contributed by atoms with E-state index in [4.69, 9.17) is 4.74 Å². The van der Waals surface area contributed by atoms with Crippen molar-refractivity contribution >= 4 is 0 Å². The van der Waals surface area contributed by atoms with Gasteiger partial charge in [-0.1, -0.05) is 12.1 Å². The molecule has 0 spiro atoms. The van der Waals surface area contributed by atoms with Gasteiger partial charge in [-0.3, -0.25) is 0 Å². The number of rotatable bonds is 5. The minimum atomic E-state index is 0.317. The minimum absolute atomic E-state index is 0.317. The molecule has 0 saturated carbocycles. The molecule has 0 fully saturated rings. The average molecular weight is 192 g/mol. The van der Waals surface area contributed by atoms with Gasteiger partial charge in [0.15, 0.2) is 0 Å². The Kier molecular flexibility index (Phi) is 4.13. The van der Waals surface area contributed by atoms with E-state index in [-0.39, 0.29) is 0 Å². The second-order valence-electron chi connectivity index (χ2n) is 3.11. The van der Waals surface area contributed by atoms with Crippen LogP contribution in [0.2, 0.25) is 0 Å². The van der Waals surface area contributed by atoms with Crippen molar-refractivity contribution in [2.45, 2.75) is 19.5 Å². The normalized spacial score (nSPS) is 12.1. The van der Waals surface area contributed by atoms with Gasteiger partial charge in [0.2, 0.25) is 5.88 Å². The van der Waals surface area contributed by atoms with Gasteiger partial charge in [0.05, 0.1) is 7.11 Å². The molecule has 0 aliphatic rings. The van der Waals surface area contributed by atoms with E-state index < -0.39 is 0 Å². The van der Waals surface area contributed by atoms with Gasteiger partial charge < -0.3 is 10.1 Å². The molecule has 76 valence electrons. The maximum atomic E-state index is 4.97. The van der Waals surface area contributed by atoms with Gasteiger partial charge in [0, 0.05) is 24.8 Å². The molecular formula is C11H16N2O. The highest BCUT2D eigenvalue weighted by Gasteiger charge is 1.97. The Bertz CT molecular complexity index is 282. The Morgan fingerprint density at radius 3 is 2.93 bits per heavy atom. The third-order valence-electron chi connectivity index (χ3n) is 1.99. The molecule has 1 unspecified atom stereocenters. The molecule has 3 nitrogen and oxygen atoms in total. The molecular weight excluding hydrogens is 176 g/mol. The lowest BCUT2D eigenvalue weighted by Crippen LogP contribution is -2.22. The SMILES string of the molecule is C=CC(C)NCc1ccc(OC)nc1. The third kappa shape index (κ3) is 3.18. The summed E-state index contributed by atoms with van der Waals surface area (Å²) in [5.74, 6) is 0.644. The van der Waals surface area contributed by atoms with Crippen LogP contribution in [0.4, 0.5) is 0 Å². The van der Waals surface area contributed by atoms with Crippen molar-refractivity contribution in [1.29, 1.82) is 0 Å². The summed E-state index contributed by atoms with van der Waals surface area (Å²) in [7, 11) is 1.61. The van der Waals surface area contributed by atoms with Crippen molar-refractivity contribution in [1.82, 2.24) is 10.3 Å². The van der Waals surface area contributed by atoms with Gasteiger partial charge in [-0.05, 0) is 12.5 Å². The first-order valence-electron chi connectivity index (χ1n) is 4.61. The minimum Gasteiger partial charge on any atom is -0.481 e. The van der Waals surface area contributed by atoms with Crippen LogP contribution < -0.4 is 10.1 Å².